The van der Waals surface area contributed by atoms with Gasteiger partial charge in [0, 0.05) is 32.2 Å². The van der Waals surface area contributed by atoms with E-state index < -0.39 is 0 Å². The van der Waals surface area contributed by atoms with Crippen molar-refractivity contribution in [3.63, 3.8) is 0 Å². The molecular weight excluding hydrogens is 298 g/mol. The van der Waals surface area contributed by atoms with Gasteiger partial charge in [-0.25, -0.2) is 9.55 Å². The molecule has 0 saturated carbocycles. The fourth-order valence-electron chi connectivity index (χ4n) is 3.03. The third-order valence-electron chi connectivity index (χ3n) is 4.83. The quantitative estimate of drug-likeness (QED) is 0.682. The van der Waals surface area contributed by atoms with Crippen molar-refractivity contribution in [1.82, 2.24) is 19.5 Å². The van der Waals surface area contributed by atoms with Crippen LogP contribution in [0.25, 0.3) is 22.8 Å². The van der Waals surface area contributed by atoms with Crippen LogP contribution < -0.4 is 4.57 Å². The van der Waals surface area contributed by atoms with Crippen molar-refractivity contribution in [2.24, 2.45) is 14.1 Å². The van der Waals surface area contributed by atoms with Gasteiger partial charge in [0.1, 0.15) is 5.82 Å². The van der Waals surface area contributed by atoms with Gasteiger partial charge in [0.15, 0.2) is 0 Å². The van der Waals surface area contributed by atoms with Gasteiger partial charge in [0.25, 0.3) is 11.6 Å². The third kappa shape index (κ3) is 2.50. The molecule has 0 saturated heterocycles. The summed E-state index contributed by atoms with van der Waals surface area (Å²) in [7, 11) is 4.07. The fraction of sp³-hybridized carbons (Fsp3) is 0.368. The Bertz CT molecular complexity index is 937. The van der Waals surface area contributed by atoms with Gasteiger partial charge in [-0.3, -0.25) is 0 Å². The molecule has 124 valence electrons. The Labute approximate surface area is 143 Å². The Balaban J connectivity index is 2.25. The highest BCUT2D eigenvalue weighted by atomic mass is 15.1. The minimum Gasteiger partial charge on any atom is -0.331 e. The van der Waals surface area contributed by atoms with E-state index >= 15 is 0 Å². The van der Waals surface area contributed by atoms with E-state index in [1.54, 1.807) is 0 Å². The zero-order valence-corrected chi connectivity index (χ0v) is 15.5. The maximum Gasteiger partial charge on any atom is 0.274 e. The summed E-state index contributed by atoms with van der Waals surface area (Å²) < 4.78 is 4.19. The molecule has 2 heterocycles. The molecule has 0 bridgehead atoms. The Morgan fingerprint density at radius 1 is 0.917 bits per heavy atom. The highest BCUT2D eigenvalue weighted by molar-refractivity contribution is 5.72. The van der Waals surface area contributed by atoms with Crippen molar-refractivity contribution in [1.29, 1.82) is 0 Å². The molecule has 3 rings (SSSR count). The first-order valence-electron chi connectivity index (χ1n) is 8.12. The van der Waals surface area contributed by atoms with Gasteiger partial charge >= 0.3 is 0 Å². The molecule has 0 unspecified atom stereocenters. The first-order chi connectivity index (χ1) is 11.3. The summed E-state index contributed by atoms with van der Waals surface area (Å²) in [5.41, 5.74) is 5.69. The lowest BCUT2D eigenvalue weighted by Gasteiger charge is -2.11. The molecule has 0 fully saturated rings. The van der Waals surface area contributed by atoms with E-state index in [4.69, 9.17) is 4.98 Å². The topological polar surface area (TPSA) is 47.5 Å². The van der Waals surface area contributed by atoms with Crippen LogP contribution in [0.1, 0.15) is 28.6 Å². The van der Waals surface area contributed by atoms with Crippen molar-refractivity contribution >= 4 is 0 Å². The van der Waals surface area contributed by atoms with Crippen LogP contribution in [0.2, 0.25) is 0 Å². The smallest absolute Gasteiger partial charge is 0.274 e. The minimum absolute atomic E-state index is 0.786. The molecule has 1 aromatic carbocycles. The summed E-state index contributed by atoms with van der Waals surface area (Å²) >= 11 is 0. The predicted molar refractivity (Wildman–Crippen MR) is 94.5 cm³/mol. The monoisotopic (exact) mass is 322 g/mol. The van der Waals surface area contributed by atoms with Crippen LogP contribution >= 0.6 is 0 Å². The van der Waals surface area contributed by atoms with Crippen LogP contribution in [0.15, 0.2) is 18.2 Å². The van der Waals surface area contributed by atoms with Gasteiger partial charge in [-0.05, 0) is 32.4 Å². The second kappa shape index (κ2) is 5.82. The molecule has 0 amide bonds. The Morgan fingerprint density at radius 3 is 2.21 bits per heavy atom. The van der Waals surface area contributed by atoms with Gasteiger partial charge in [-0.2, -0.15) is 0 Å². The number of imidazole rings is 1. The first kappa shape index (κ1) is 16.3. The van der Waals surface area contributed by atoms with Gasteiger partial charge in [-0.15, -0.1) is 0 Å². The fourth-order valence-corrected chi connectivity index (χ4v) is 3.03. The normalized spacial score (nSPS) is 11.1. The molecule has 0 spiro atoms. The molecule has 5 nitrogen and oxygen atoms in total. The van der Waals surface area contributed by atoms with Crippen LogP contribution in [-0.4, -0.2) is 19.5 Å². The van der Waals surface area contributed by atoms with Gasteiger partial charge in [0.05, 0.1) is 18.3 Å². The first-order valence-corrected chi connectivity index (χ1v) is 8.12. The number of rotatable bonds is 2. The summed E-state index contributed by atoms with van der Waals surface area (Å²) in [5.74, 6) is 3.66. The highest BCUT2D eigenvalue weighted by Gasteiger charge is 2.21. The molecule has 0 aliphatic rings. The lowest BCUT2D eigenvalue weighted by molar-refractivity contribution is -0.672. The summed E-state index contributed by atoms with van der Waals surface area (Å²) in [4.78, 5) is 13.9. The van der Waals surface area contributed by atoms with E-state index in [9.17, 15) is 0 Å². The average Bonchev–Trinajstić information content (AvgIpc) is 2.79. The Kier molecular flexibility index (Phi) is 3.95. The van der Waals surface area contributed by atoms with E-state index in [2.05, 4.69) is 60.6 Å². The van der Waals surface area contributed by atoms with Crippen molar-refractivity contribution in [3.05, 3.63) is 46.8 Å². The van der Waals surface area contributed by atoms with Crippen LogP contribution in [0.4, 0.5) is 0 Å². The lowest BCUT2D eigenvalue weighted by atomic mass is 10.0. The molecule has 5 heteroatoms. The summed E-state index contributed by atoms with van der Waals surface area (Å²) in [6.45, 7) is 10.2. The maximum absolute atomic E-state index is 4.76. The number of hydrogen-bond donors (Lipinski definition) is 0. The van der Waals surface area contributed by atoms with Gasteiger partial charge in [0.2, 0.25) is 5.82 Å². The number of aromatic nitrogens is 5. The van der Waals surface area contributed by atoms with Crippen LogP contribution in [0, 0.1) is 34.6 Å². The summed E-state index contributed by atoms with van der Waals surface area (Å²) in [6, 6.07) is 6.31. The molecular formula is C19H24N5+. The van der Waals surface area contributed by atoms with Crippen LogP contribution in [0.3, 0.4) is 0 Å². The van der Waals surface area contributed by atoms with Crippen molar-refractivity contribution < 1.29 is 4.57 Å². The van der Waals surface area contributed by atoms with Crippen molar-refractivity contribution in [2.75, 3.05) is 0 Å². The summed E-state index contributed by atoms with van der Waals surface area (Å²) in [6.07, 6.45) is 0. The van der Waals surface area contributed by atoms with Gasteiger partial charge < -0.3 is 4.57 Å². The Morgan fingerprint density at radius 2 is 1.58 bits per heavy atom. The largest absolute Gasteiger partial charge is 0.331 e. The average molecular weight is 322 g/mol. The number of aryl methyl sites for hydroxylation is 3. The standard InChI is InChI=1S/C19H24N5/c1-11-16(18-20-12(2)13(3)23(18)6)9-8-10-17(11)19-22-14(4)21-15(5)24(19)7/h8-10H,1-7H3/q+1. The van der Waals surface area contributed by atoms with E-state index in [-0.39, 0.29) is 0 Å². The lowest BCUT2D eigenvalue weighted by Crippen LogP contribution is -2.37. The van der Waals surface area contributed by atoms with Crippen LogP contribution in [0.5, 0.6) is 0 Å². The van der Waals surface area contributed by atoms with Crippen LogP contribution in [-0.2, 0) is 14.1 Å². The highest BCUT2D eigenvalue weighted by Crippen LogP contribution is 2.30. The predicted octanol–water partition coefficient (Wildman–Crippen LogP) is 2.91. The number of hydrogen-bond acceptors (Lipinski definition) is 3. The van der Waals surface area contributed by atoms with Crippen molar-refractivity contribution in [2.45, 2.75) is 34.6 Å². The molecule has 0 atom stereocenters. The second-order valence-electron chi connectivity index (χ2n) is 6.34. The zero-order chi connectivity index (χ0) is 17.6. The molecule has 24 heavy (non-hydrogen) atoms. The molecule has 0 aliphatic heterocycles. The van der Waals surface area contributed by atoms with Gasteiger partial charge in [-0.1, -0.05) is 22.1 Å². The SMILES string of the molecule is Cc1nc(C)[n+](C)c(-c2cccc(-c3nc(C)c(C)n3C)c2C)n1. The van der Waals surface area contributed by atoms with Crippen molar-refractivity contribution in [3.8, 4) is 22.8 Å². The summed E-state index contributed by atoms with van der Waals surface area (Å²) in [5, 5.41) is 0. The third-order valence-corrected chi connectivity index (χ3v) is 4.83. The maximum atomic E-state index is 4.76. The van der Waals surface area contributed by atoms with E-state index in [0.29, 0.717) is 0 Å². The molecule has 0 aliphatic carbocycles. The number of nitrogens with zero attached hydrogens (tertiary/aromatic N) is 5. The second-order valence-corrected chi connectivity index (χ2v) is 6.34. The zero-order valence-electron chi connectivity index (χ0n) is 15.5. The Hall–Kier alpha value is -2.56. The number of benzene rings is 1. The molecule has 0 N–H and O–H groups in total. The van der Waals surface area contributed by atoms with E-state index in [0.717, 1.165) is 40.1 Å². The minimum atomic E-state index is 0.786. The molecule has 2 aromatic heterocycles. The molecule has 3 aromatic rings. The molecule has 0 radical (unpaired) electrons. The van der Waals surface area contributed by atoms with E-state index in [1.165, 1.54) is 11.3 Å². The van der Waals surface area contributed by atoms with E-state index in [1.807, 2.05) is 25.5 Å².